The van der Waals surface area contributed by atoms with Crippen LogP contribution in [0.25, 0.3) is 11.3 Å². The molecule has 2 heterocycles. The van der Waals surface area contributed by atoms with Crippen molar-refractivity contribution in [3.8, 4) is 28.5 Å². The van der Waals surface area contributed by atoms with Gasteiger partial charge in [-0.05, 0) is 48.5 Å². The zero-order chi connectivity index (χ0) is 18.2. The average molecular weight is 353 g/mol. The van der Waals surface area contributed by atoms with Crippen molar-refractivity contribution in [3.63, 3.8) is 0 Å². The van der Waals surface area contributed by atoms with Gasteiger partial charge in [0.1, 0.15) is 5.75 Å². The molecule has 0 bridgehead atoms. The van der Waals surface area contributed by atoms with Crippen LogP contribution in [0.3, 0.4) is 0 Å². The number of phenols is 1. The number of fused-ring (bicyclic) bond motifs is 2. The molecule has 0 saturated heterocycles. The monoisotopic (exact) mass is 353 g/mol. The van der Waals surface area contributed by atoms with Crippen LogP contribution < -0.4 is 9.64 Å². The molecule has 1 aliphatic heterocycles. The Morgan fingerprint density at radius 1 is 0.704 bits per heavy atom. The molecule has 27 heavy (non-hydrogen) atoms. The highest BCUT2D eigenvalue weighted by Gasteiger charge is 2.26. The van der Waals surface area contributed by atoms with Gasteiger partial charge in [0.2, 0.25) is 0 Å². The number of ether oxygens (including phenoxy) is 1. The van der Waals surface area contributed by atoms with Gasteiger partial charge in [0.15, 0.2) is 17.3 Å². The molecule has 5 nitrogen and oxygen atoms in total. The van der Waals surface area contributed by atoms with Gasteiger partial charge in [-0.15, -0.1) is 10.2 Å². The number of hydrogen-bond donors (Lipinski definition) is 1. The first-order valence-corrected chi connectivity index (χ1v) is 8.59. The third kappa shape index (κ3) is 2.66. The molecule has 1 aromatic heterocycles. The standard InChI is InChI=1S/C22H15N3O2/c26-16-7-5-6-15(14-16)17-12-13-22(24-23-17)25-18-8-1-3-10-20(18)27-21-11-4-2-9-19(21)25/h1-14,26H. The first-order chi connectivity index (χ1) is 13.3. The Hall–Kier alpha value is -3.86. The second kappa shape index (κ2) is 6.14. The molecule has 1 N–H and O–H groups in total. The molecule has 0 saturated carbocycles. The summed E-state index contributed by atoms with van der Waals surface area (Å²) in [5.74, 6) is 2.45. The molecule has 0 unspecified atom stereocenters. The van der Waals surface area contributed by atoms with Crippen molar-refractivity contribution in [3.05, 3.63) is 84.9 Å². The average Bonchev–Trinajstić information content (AvgIpc) is 2.72. The van der Waals surface area contributed by atoms with Gasteiger partial charge in [-0.3, -0.25) is 4.90 Å². The van der Waals surface area contributed by atoms with Gasteiger partial charge >= 0.3 is 0 Å². The number of benzene rings is 3. The molecular weight excluding hydrogens is 338 g/mol. The fourth-order valence-corrected chi connectivity index (χ4v) is 3.22. The Morgan fingerprint density at radius 3 is 2.04 bits per heavy atom. The molecule has 0 atom stereocenters. The zero-order valence-corrected chi connectivity index (χ0v) is 14.3. The van der Waals surface area contributed by atoms with Crippen LogP contribution in [-0.2, 0) is 0 Å². The van der Waals surface area contributed by atoms with Crippen molar-refractivity contribution in [1.29, 1.82) is 0 Å². The maximum atomic E-state index is 9.68. The number of hydrogen-bond acceptors (Lipinski definition) is 5. The highest BCUT2D eigenvalue weighted by Crippen LogP contribution is 2.49. The Labute approximate surface area is 156 Å². The normalized spacial score (nSPS) is 12.1. The van der Waals surface area contributed by atoms with E-state index in [4.69, 9.17) is 4.74 Å². The number of nitrogens with zero attached hydrogens (tertiary/aromatic N) is 3. The number of aromatic hydroxyl groups is 1. The van der Waals surface area contributed by atoms with Crippen LogP contribution in [0.2, 0.25) is 0 Å². The van der Waals surface area contributed by atoms with E-state index in [1.54, 1.807) is 18.2 Å². The second-order valence-corrected chi connectivity index (χ2v) is 6.20. The molecule has 1 aliphatic rings. The number of anilines is 3. The summed E-state index contributed by atoms with van der Waals surface area (Å²) in [4.78, 5) is 2.04. The molecule has 0 spiro atoms. The largest absolute Gasteiger partial charge is 0.508 e. The second-order valence-electron chi connectivity index (χ2n) is 6.20. The van der Waals surface area contributed by atoms with Crippen molar-refractivity contribution in [2.75, 3.05) is 4.90 Å². The highest BCUT2D eigenvalue weighted by molar-refractivity contribution is 5.84. The van der Waals surface area contributed by atoms with Crippen molar-refractivity contribution in [2.24, 2.45) is 0 Å². The first-order valence-electron chi connectivity index (χ1n) is 8.59. The molecule has 4 aromatic rings. The molecule has 0 aliphatic carbocycles. The van der Waals surface area contributed by atoms with E-state index in [9.17, 15) is 5.11 Å². The fourth-order valence-electron chi connectivity index (χ4n) is 3.22. The fraction of sp³-hybridized carbons (Fsp3) is 0. The van der Waals surface area contributed by atoms with E-state index >= 15 is 0 Å². The zero-order valence-electron chi connectivity index (χ0n) is 14.3. The van der Waals surface area contributed by atoms with E-state index in [0.29, 0.717) is 11.5 Å². The summed E-state index contributed by atoms with van der Waals surface area (Å²) in [6.07, 6.45) is 0. The van der Waals surface area contributed by atoms with Crippen LogP contribution >= 0.6 is 0 Å². The maximum absolute atomic E-state index is 9.68. The lowest BCUT2D eigenvalue weighted by Gasteiger charge is -2.31. The topological polar surface area (TPSA) is 58.5 Å². The van der Waals surface area contributed by atoms with E-state index in [2.05, 4.69) is 10.2 Å². The first kappa shape index (κ1) is 15.4. The molecule has 0 fully saturated rings. The lowest BCUT2D eigenvalue weighted by Crippen LogP contribution is -2.17. The number of para-hydroxylation sites is 4. The summed E-state index contributed by atoms with van der Waals surface area (Å²) < 4.78 is 6.02. The van der Waals surface area contributed by atoms with Gasteiger partial charge in [-0.25, -0.2) is 0 Å². The van der Waals surface area contributed by atoms with Crippen LogP contribution in [0.15, 0.2) is 84.9 Å². The molecule has 130 valence electrons. The molecule has 5 heteroatoms. The van der Waals surface area contributed by atoms with Gasteiger partial charge in [-0.2, -0.15) is 0 Å². The Balaban J connectivity index is 1.61. The number of rotatable bonds is 2. The van der Waals surface area contributed by atoms with Crippen molar-refractivity contribution < 1.29 is 9.84 Å². The summed E-state index contributed by atoms with van der Waals surface area (Å²) in [7, 11) is 0. The quantitative estimate of drug-likeness (QED) is 0.459. The predicted octanol–water partition coefficient (Wildman–Crippen LogP) is 5.42. The maximum Gasteiger partial charge on any atom is 0.160 e. The van der Waals surface area contributed by atoms with Gasteiger partial charge in [0.25, 0.3) is 0 Å². The summed E-state index contributed by atoms with van der Waals surface area (Å²) in [6.45, 7) is 0. The van der Waals surface area contributed by atoms with E-state index in [-0.39, 0.29) is 5.75 Å². The Bertz CT molecular complexity index is 1080. The van der Waals surface area contributed by atoms with Crippen LogP contribution in [-0.4, -0.2) is 15.3 Å². The van der Waals surface area contributed by atoms with Gasteiger partial charge in [-0.1, -0.05) is 36.4 Å². The third-order valence-corrected chi connectivity index (χ3v) is 4.45. The minimum absolute atomic E-state index is 0.203. The van der Waals surface area contributed by atoms with E-state index in [1.807, 2.05) is 71.6 Å². The van der Waals surface area contributed by atoms with Crippen molar-refractivity contribution in [1.82, 2.24) is 10.2 Å². The van der Waals surface area contributed by atoms with Crippen molar-refractivity contribution in [2.45, 2.75) is 0 Å². The SMILES string of the molecule is Oc1cccc(-c2ccc(N3c4ccccc4Oc4ccccc43)nn2)c1. The Kier molecular flexibility index (Phi) is 3.50. The molecule has 5 rings (SSSR count). The van der Waals surface area contributed by atoms with E-state index in [0.717, 1.165) is 28.4 Å². The summed E-state index contributed by atoms with van der Waals surface area (Å²) >= 11 is 0. The minimum Gasteiger partial charge on any atom is -0.508 e. The molecule has 0 amide bonds. The van der Waals surface area contributed by atoms with Crippen LogP contribution in [0.5, 0.6) is 17.2 Å². The lowest BCUT2D eigenvalue weighted by atomic mass is 10.1. The smallest absolute Gasteiger partial charge is 0.160 e. The van der Waals surface area contributed by atoms with Gasteiger partial charge in [0, 0.05) is 5.56 Å². The summed E-state index contributed by atoms with van der Waals surface area (Å²) in [5.41, 5.74) is 3.34. The highest BCUT2D eigenvalue weighted by atomic mass is 16.5. The van der Waals surface area contributed by atoms with Gasteiger partial charge < -0.3 is 9.84 Å². The number of aromatic nitrogens is 2. The van der Waals surface area contributed by atoms with E-state index in [1.165, 1.54) is 0 Å². The number of phenolic OH excluding ortho intramolecular Hbond substituents is 1. The predicted molar refractivity (Wildman–Crippen MR) is 104 cm³/mol. The van der Waals surface area contributed by atoms with Crippen molar-refractivity contribution >= 4 is 17.2 Å². The van der Waals surface area contributed by atoms with Crippen LogP contribution in [0, 0.1) is 0 Å². The lowest BCUT2D eigenvalue weighted by molar-refractivity contribution is 0.475. The summed E-state index contributed by atoms with van der Waals surface area (Å²) in [5, 5.41) is 18.5. The molecular formula is C22H15N3O2. The van der Waals surface area contributed by atoms with Crippen LogP contribution in [0.1, 0.15) is 0 Å². The molecule has 0 radical (unpaired) electrons. The van der Waals surface area contributed by atoms with Gasteiger partial charge in [0.05, 0.1) is 17.1 Å². The summed E-state index contributed by atoms with van der Waals surface area (Å²) in [6, 6.07) is 26.5. The minimum atomic E-state index is 0.203. The Morgan fingerprint density at radius 2 is 1.41 bits per heavy atom. The molecule has 3 aromatic carbocycles. The van der Waals surface area contributed by atoms with E-state index < -0.39 is 0 Å². The third-order valence-electron chi connectivity index (χ3n) is 4.45. The van der Waals surface area contributed by atoms with Crippen LogP contribution in [0.4, 0.5) is 17.2 Å².